The third-order valence-electron chi connectivity index (χ3n) is 5.20. The summed E-state index contributed by atoms with van der Waals surface area (Å²) in [7, 11) is 1.61. The van der Waals surface area contributed by atoms with Crippen molar-refractivity contribution >= 4 is 40.9 Å². The standard InChI is InChI=1S/C27H24N4O3S/c1-19-10-3-7-15-23(19)31-26(33)21-13-5-6-14-22(21)29-27(31)35-18-25(32)30-28-17-9-12-20-11-4-8-16-24(20)34-2/h3-17H,18H2,1-2H3,(H,30,32)/b12-9+,28-17-. The molecule has 0 bridgehead atoms. The summed E-state index contributed by atoms with van der Waals surface area (Å²) in [5.74, 6) is 0.486. The lowest BCUT2D eigenvalue weighted by Gasteiger charge is -2.14. The number of allylic oxidation sites excluding steroid dienone is 1. The summed E-state index contributed by atoms with van der Waals surface area (Å²) in [5, 5.41) is 4.93. The van der Waals surface area contributed by atoms with Crippen molar-refractivity contribution in [3.05, 3.63) is 100 Å². The maximum atomic E-state index is 13.3. The number of methoxy groups -OCH3 is 1. The van der Waals surface area contributed by atoms with Gasteiger partial charge in [0.2, 0.25) is 0 Å². The molecule has 1 N–H and O–H groups in total. The van der Waals surface area contributed by atoms with Crippen LogP contribution in [0.4, 0.5) is 0 Å². The van der Waals surface area contributed by atoms with Crippen LogP contribution < -0.4 is 15.7 Å². The van der Waals surface area contributed by atoms with E-state index in [2.05, 4.69) is 15.5 Å². The zero-order valence-electron chi connectivity index (χ0n) is 19.3. The smallest absolute Gasteiger partial charge is 0.266 e. The van der Waals surface area contributed by atoms with Crippen molar-refractivity contribution in [2.75, 3.05) is 12.9 Å². The molecule has 0 atom stereocenters. The van der Waals surface area contributed by atoms with Gasteiger partial charge in [-0.15, -0.1) is 0 Å². The number of carbonyl (C=O) groups is 1. The van der Waals surface area contributed by atoms with Crippen LogP contribution in [0.25, 0.3) is 22.7 Å². The van der Waals surface area contributed by atoms with Crippen molar-refractivity contribution in [3.8, 4) is 11.4 Å². The summed E-state index contributed by atoms with van der Waals surface area (Å²) in [6, 6.07) is 22.4. The molecule has 8 heteroatoms. The monoisotopic (exact) mass is 484 g/mol. The summed E-state index contributed by atoms with van der Waals surface area (Å²) in [6.07, 6.45) is 5.04. The van der Waals surface area contributed by atoms with Crippen LogP contribution in [0.5, 0.6) is 5.75 Å². The summed E-state index contributed by atoms with van der Waals surface area (Å²) in [5.41, 5.74) is 5.49. The van der Waals surface area contributed by atoms with Crippen LogP contribution in [-0.2, 0) is 4.79 Å². The van der Waals surface area contributed by atoms with Gasteiger partial charge in [-0.3, -0.25) is 14.2 Å². The highest BCUT2D eigenvalue weighted by molar-refractivity contribution is 7.99. The lowest BCUT2D eigenvalue weighted by atomic mass is 10.2. The lowest BCUT2D eigenvalue weighted by Crippen LogP contribution is -2.24. The summed E-state index contributed by atoms with van der Waals surface area (Å²) in [6.45, 7) is 1.94. The fourth-order valence-electron chi connectivity index (χ4n) is 3.50. The predicted octanol–water partition coefficient (Wildman–Crippen LogP) is 4.61. The molecule has 0 aliphatic carbocycles. The number of hydrogen-bond acceptors (Lipinski definition) is 6. The van der Waals surface area contributed by atoms with E-state index in [4.69, 9.17) is 4.74 Å². The lowest BCUT2D eigenvalue weighted by molar-refractivity contribution is -0.118. The summed E-state index contributed by atoms with van der Waals surface area (Å²) < 4.78 is 6.86. The molecule has 35 heavy (non-hydrogen) atoms. The molecular formula is C27H24N4O3S. The van der Waals surface area contributed by atoms with Gasteiger partial charge in [-0.1, -0.05) is 60.3 Å². The molecule has 0 aliphatic rings. The number of nitrogens with one attached hydrogen (secondary N) is 1. The van der Waals surface area contributed by atoms with Crippen LogP contribution >= 0.6 is 11.8 Å². The van der Waals surface area contributed by atoms with Gasteiger partial charge in [-0.25, -0.2) is 10.4 Å². The van der Waals surface area contributed by atoms with E-state index in [0.29, 0.717) is 16.1 Å². The molecule has 7 nitrogen and oxygen atoms in total. The van der Waals surface area contributed by atoms with E-state index in [-0.39, 0.29) is 17.2 Å². The summed E-state index contributed by atoms with van der Waals surface area (Å²) >= 11 is 1.18. The second-order valence-corrected chi connectivity index (χ2v) is 8.48. The largest absolute Gasteiger partial charge is 0.496 e. The Kier molecular flexibility index (Phi) is 7.74. The van der Waals surface area contributed by atoms with Gasteiger partial charge in [0.15, 0.2) is 5.16 Å². The number of amides is 1. The number of nitrogens with zero attached hydrogens (tertiary/aromatic N) is 3. The fourth-order valence-corrected chi connectivity index (χ4v) is 4.30. The van der Waals surface area contributed by atoms with Crippen molar-refractivity contribution in [2.45, 2.75) is 12.1 Å². The Morgan fingerprint density at radius 3 is 2.66 bits per heavy atom. The Balaban J connectivity index is 1.49. The van der Waals surface area contributed by atoms with Crippen LogP contribution in [-0.4, -0.2) is 34.5 Å². The Morgan fingerprint density at radius 1 is 1.09 bits per heavy atom. The molecule has 1 amide bonds. The SMILES string of the molecule is COc1ccccc1/C=C/C=N\NC(=O)CSc1nc2ccccc2c(=O)n1-c1ccccc1C. The Bertz CT molecular complexity index is 1480. The van der Waals surface area contributed by atoms with Crippen molar-refractivity contribution in [2.24, 2.45) is 5.10 Å². The molecule has 0 saturated heterocycles. The third-order valence-corrected chi connectivity index (χ3v) is 6.14. The number of benzene rings is 3. The number of aryl methyl sites for hydroxylation is 1. The van der Waals surface area contributed by atoms with Crippen molar-refractivity contribution < 1.29 is 9.53 Å². The molecular weight excluding hydrogens is 460 g/mol. The maximum Gasteiger partial charge on any atom is 0.266 e. The normalized spacial score (nSPS) is 11.4. The Hall–Kier alpha value is -4.17. The molecule has 0 aliphatic heterocycles. The maximum absolute atomic E-state index is 13.3. The molecule has 0 spiro atoms. The number of ether oxygens (including phenoxy) is 1. The van der Waals surface area contributed by atoms with E-state index in [9.17, 15) is 9.59 Å². The van der Waals surface area contributed by atoms with E-state index in [1.54, 1.807) is 29.9 Å². The second kappa shape index (κ2) is 11.3. The first-order valence-electron chi connectivity index (χ1n) is 10.9. The van der Waals surface area contributed by atoms with E-state index in [1.807, 2.05) is 73.7 Å². The molecule has 4 aromatic rings. The van der Waals surface area contributed by atoms with Gasteiger partial charge in [0.05, 0.1) is 29.5 Å². The first-order valence-corrected chi connectivity index (χ1v) is 11.9. The first kappa shape index (κ1) is 24.0. The first-order chi connectivity index (χ1) is 17.1. The van der Waals surface area contributed by atoms with E-state index < -0.39 is 0 Å². The number of carbonyl (C=O) groups excluding carboxylic acids is 1. The van der Waals surface area contributed by atoms with E-state index >= 15 is 0 Å². The van der Waals surface area contributed by atoms with Crippen LogP contribution in [0.15, 0.2) is 93.9 Å². The summed E-state index contributed by atoms with van der Waals surface area (Å²) in [4.78, 5) is 30.4. The topological polar surface area (TPSA) is 85.6 Å². The van der Waals surface area contributed by atoms with Gasteiger partial charge in [0.1, 0.15) is 5.75 Å². The predicted molar refractivity (Wildman–Crippen MR) is 141 cm³/mol. The van der Waals surface area contributed by atoms with Gasteiger partial charge in [0.25, 0.3) is 11.5 Å². The number of fused-ring (bicyclic) bond motifs is 1. The van der Waals surface area contributed by atoms with Gasteiger partial charge in [0, 0.05) is 11.8 Å². The molecule has 1 aromatic heterocycles. The quantitative estimate of drug-likeness (QED) is 0.171. The number of hydrogen-bond donors (Lipinski definition) is 1. The molecule has 0 fully saturated rings. The molecule has 4 rings (SSSR count). The Morgan fingerprint density at radius 2 is 1.83 bits per heavy atom. The van der Waals surface area contributed by atoms with Gasteiger partial charge >= 0.3 is 0 Å². The number of aromatic nitrogens is 2. The minimum atomic E-state index is -0.310. The minimum absolute atomic E-state index is 0.0459. The highest BCUT2D eigenvalue weighted by Gasteiger charge is 2.15. The second-order valence-electron chi connectivity index (χ2n) is 7.54. The molecule has 176 valence electrons. The van der Waals surface area contributed by atoms with Crippen molar-refractivity contribution in [3.63, 3.8) is 0 Å². The van der Waals surface area contributed by atoms with Gasteiger partial charge in [-0.05, 0) is 48.9 Å². The number of thioether (sulfide) groups is 1. The molecule has 1 heterocycles. The molecule has 0 saturated carbocycles. The highest BCUT2D eigenvalue weighted by Crippen LogP contribution is 2.23. The molecule has 0 radical (unpaired) electrons. The van der Waals surface area contributed by atoms with Crippen molar-refractivity contribution in [1.29, 1.82) is 0 Å². The number of hydrazone groups is 1. The Labute approximate surface area is 207 Å². The molecule has 3 aromatic carbocycles. The van der Waals surface area contributed by atoms with E-state index in [1.165, 1.54) is 18.0 Å². The molecule has 0 unspecified atom stereocenters. The fraction of sp³-hybridized carbons (Fsp3) is 0.111. The van der Waals surface area contributed by atoms with Crippen molar-refractivity contribution in [1.82, 2.24) is 15.0 Å². The average Bonchev–Trinajstić information content (AvgIpc) is 2.88. The van der Waals surface area contributed by atoms with Crippen LogP contribution in [0, 0.1) is 6.92 Å². The zero-order valence-corrected chi connectivity index (χ0v) is 20.2. The van der Waals surface area contributed by atoms with E-state index in [0.717, 1.165) is 22.6 Å². The number of para-hydroxylation sites is 3. The van der Waals surface area contributed by atoms with Crippen LogP contribution in [0.1, 0.15) is 11.1 Å². The minimum Gasteiger partial charge on any atom is -0.496 e. The average molecular weight is 485 g/mol. The zero-order chi connectivity index (χ0) is 24.6. The highest BCUT2D eigenvalue weighted by atomic mass is 32.2. The third kappa shape index (κ3) is 5.67. The van der Waals surface area contributed by atoms with Crippen LogP contribution in [0.3, 0.4) is 0 Å². The van der Waals surface area contributed by atoms with Crippen LogP contribution in [0.2, 0.25) is 0 Å². The number of rotatable bonds is 8. The van der Waals surface area contributed by atoms with Gasteiger partial charge < -0.3 is 4.74 Å². The van der Waals surface area contributed by atoms with Gasteiger partial charge in [-0.2, -0.15) is 5.10 Å².